The van der Waals surface area contributed by atoms with Crippen molar-refractivity contribution in [2.24, 2.45) is 0 Å². The molecule has 16 heteroatoms. The van der Waals surface area contributed by atoms with Gasteiger partial charge in [0, 0.05) is 0 Å². The van der Waals surface area contributed by atoms with Crippen LogP contribution < -0.4 is 4.90 Å². The summed E-state index contributed by atoms with van der Waals surface area (Å²) >= 11 is 0. The minimum atomic E-state index is -7.55. The summed E-state index contributed by atoms with van der Waals surface area (Å²) < 4.78 is 195. The van der Waals surface area contributed by atoms with Gasteiger partial charge in [-0.25, -0.2) is 26.3 Å². The molecule has 0 saturated heterocycles. The molecular weight excluding hydrogens is 443 g/mol. The number of anilines is 1. The van der Waals surface area contributed by atoms with Gasteiger partial charge in [-0.3, -0.25) is 4.90 Å². The summed E-state index contributed by atoms with van der Waals surface area (Å²) in [6.07, 6.45) is -7.34. The fraction of sp³-hybridized carbons (Fsp3) is 0.500. The molecule has 0 bridgehead atoms. The molecule has 0 N–H and O–H groups in total. The Balaban J connectivity index is 3.81. The predicted molar refractivity (Wildman–Crippen MR) is 60.4 cm³/mol. The molecule has 0 aromatic heterocycles. The van der Waals surface area contributed by atoms with Crippen molar-refractivity contribution in [3.63, 3.8) is 0 Å². The summed E-state index contributed by atoms with van der Waals surface area (Å²) in [7, 11) is 0. The summed E-state index contributed by atoms with van der Waals surface area (Å²) in [5.74, 6) is -30.7. The number of alkyl halides is 10. The van der Waals surface area contributed by atoms with Gasteiger partial charge in [-0.1, -0.05) is 0 Å². The van der Waals surface area contributed by atoms with Crippen LogP contribution >= 0.6 is 0 Å². The molecular formula is C12H4F15N. The van der Waals surface area contributed by atoms with Crippen LogP contribution in [0.15, 0.2) is 0 Å². The van der Waals surface area contributed by atoms with E-state index in [2.05, 4.69) is 0 Å². The van der Waals surface area contributed by atoms with Crippen molar-refractivity contribution < 1.29 is 65.9 Å². The lowest BCUT2D eigenvalue weighted by molar-refractivity contribution is -0.395. The van der Waals surface area contributed by atoms with Crippen molar-refractivity contribution >= 4 is 5.69 Å². The van der Waals surface area contributed by atoms with Crippen LogP contribution in [0.5, 0.6) is 0 Å². The SMILES string of the molecule is FCCN(c1c(F)c(F)c(F)c(F)c1F)C(F)(F)C(F)(F)C(F)(F)C(F)(F)F. The maximum absolute atomic E-state index is 13.8. The van der Waals surface area contributed by atoms with Crippen molar-refractivity contribution in [1.82, 2.24) is 0 Å². The molecule has 1 aromatic carbocycles. The number of hydrogen-bond acceptors (Lipinski definition) is 1. The van der Waals surface area contributed by atoms with E-state index >= 15 is 0 Å². The molecule has 162 valence electrons. The molecule has 1 aromatic rings. The van der Waals surface area contributed by atoms with Crippen molar-refractivity contribution in [1.29, 1.82) is 0 Å². The average Bonchev–Trinajstić information content (AvgIpc) is 2.56. The van der Waals surface area contributed by atoms with Gasteiger partial charge in [0.05, 0.1) is 6.54 Å². The minimum absolute atomic E-state index is 2.09. The molecule has 0 atom stereocenters. The molecule has 0 heterocycles. The highest BCUT2D eigenvalue weighted by molar-refractivity contribution is 5.52. The molecule has 0 aliphatic heterocycles. The molecule has 0 aliphatic rings. The first-order chi connectivity index (χ1) is 12.4. The van der Waals surface area contributed by atoms with Gasteiger partial charge in [-0.15, -0.1) is 0 Å². The van der Waals surface area contributed by atoms with E-state index in [9.17, 15) is 65.9 Å². The topological polar surface area (TPSA) is 3.24 Å². The summed E-state index contributed by atoms with van der Waals surface area (Å²) in [6.45, 7) is -4.81. The van der Waals surface area contributed by atoms with Crippen molar-refractivity contribution in [2.45, 2.75) is 24.1 Å². The maximum Gasteiger partial charge on any atom is 0.460 e. The van der Waals surface area contributed by atoms with Crippen LogP contribution in [0.1, 0.15) is 0 Å². The lowest BCUT2D eigenvalue weighted by Gasteiger charge is -2.40. The second kappa shape index (κ2) is 7.09. The minimum Gasteiger partial charge on any atom is -0.300 e. The summed E-state index contributed by atoms with van der Waals surface area (Å²) in [5.41, 5.74) is -3.03. The third-order valence-corrected chi connectivity index (χ3v) is 3.23. The normalized spacial score (nSPS) is 13.8. The van der Waals surface area contributed by atoms with Gasteiger partial charge >= 0.3 is 24.1 Å². The molecule has 1 rings (SSSR count). The second-order valence-electron chi connectivity index (χ2n) is 4.95. The van der Waals surface area contributed by atoms with Crippen molar-refractivity contribution in [2.75, 3.05) is 18.1 Å². The zero-order valence-electron chi connectivity index (χ0n) is 12.5. The van der Waals surface area contributed by atoms with Crippen molar-refractivity contribution in [3.8, 4) is 0 Å². The molecule has 0 aliphatic carbocycles. The van der Waals surface area contributed by atoms with E-state index in [-0.39, 0.29) is 0 Å². The summed E-state index contributed by atoms with van der Waals surface area (Å²) in [6, 6.07) is -6.98. The quantitative estimate of drug-likeness (QED) is 0.238. The predicted octanol–water partition coefficient (Wildman–Crippen LogP) is 5.58. The number of rotatable bonds is 6. The second-order valence-corrected chi connectivity index (χ2v) is 4.95. The molecule has 0 radical (unpaired) electrons. The first-order valence-corrected chi connectivity index (χ1v) is 6.43. The Morgan fingerprint density at radius 3 is 1.25 bits per heavy atom. The van der Waals surface area contributed by atoms with E-state index < -0.39 is 77.0 Å². The lowest BCUT2D eigenvalue weighted by atomic mass is 10.1. The summed E-state index contributed by atoms with van der Waals surface area (Å²) in [4.78, 5) is -2.09. The number of benzene rings is 1. The first kappa shape index (κ1) is 24.0. The van der Waals surface area contributed by atoms with Gasteiger partial charge in [0.15, 0.2) is 23.3 Å². The number of nitrogens with zero attached hydrogens (tertiary/aromatic N) is 1. The van der Waals surface area contributed by atoms with Gasteiger partial charge < -0.3 is 0 Å². The van der Waals surface area contributed by atoms with Crippen LogP contribution in [0.3, 0.4) is 0 Å². The van der Waals surface area contributed by atoms with Gasteiger partial charge in [-0.2, -0.15) is 39.5 Å². The standard InChI is InChI=1S/C12H4F15N/c13-1-2-28(8-6(17)4(15)3(14)5(16)7(8)18)12(26,27)10(21,22)9(19,20)11(23,24)25/h1-2H2. The molecule has 0 spiro atoms. The number of halogens is 15. The van der Waals surface area contributed by atoms with E-state index in [1.807, 2.05) is 0 Å². The van der Waals surface area contributed by atoms with Crippen LogP contribution in [0, 0.1) is 29.1 Å². The third-order valence-electron chi connectivity index (χ3n) is 3.23. The highest BCUT2D eigenvalue weighted by atomic mass is 19.4. The molecule has 1 nitrogen and oxygen atoms in total. The Morgan fingerprint density at radius 1 is 0.571 bits per heavy atom. The van der Waals surface area contributed by atoms with Gasteiger partial charge in [-0.05, 0) is 0 Å². The highest BCUT2D eigenvalue weighted by Gasteiger charge is 2.83. The fourth-order valence-corrected chi connectivity index (χ4v) is 1.84. The van der Waals surface area contributed by atoms with E-state index in [0.717, 1.165) is 0 Å². The Morgan fingerprint density at radius 2 is 0.929 bits per heavy atom. The highest BCUT2D eigenvalue weighted by Crippen LogP contribution is 2.55. The zero-order valence-corrected chi connectivity index (χ0v) is 12.5. The van der Waals surface area contributed by atoms with Gasteiger partial charge in [0.2, 0.25) is 5.82 Å². The van der Waals surface area contributed by atoms with Crippen molar-refractivity contribution in [3.05, 3.63) is 29.1 Å². The van der Waals surface area contributed by atoms with Crippen LogP contribution in [-0.2, 0) is 0 Å². The molecule has 0 saturated carbocycles. The van der Waals surface area contributed by atoms with Crippen LogP contribution in [0.25, 0.3) is 0 Å². The average molecular weight is 447 g/mol. The van der Waals surface area contributed by atoms with E-state index in [1.54, 1.807) is 0 Å². The maximum atomic E-state index is 13.8. The van der Waals surface area contributed by atoms with E-state index in [4.69, 9.17) is 0 Å². The Bertz CT molecular complexity index is 709. The fourth-order valence-electron chi connectivity index (χ4n) is 1.84. The van der Waals surface area contributed by atoms with Crippen LogP contribution in [-0.4, -0.2) is 37.3 Å². The molecule has 28 heavy (non-hydrogen) atoms. The summed E-state index contributed by atoms with van der Waals surface area (Å²) in [5, 5.41) is 0. The number of hydrogen-bond donors (Lipinski definition) is 0. The van der Waals surface area contributed by atoms with Gasteiger partial charge in [0.25, 0.3) is 0 Å². The Labute approximate surface area is 144 Å². The molecule has 0 unspecified atom stereocenters. The van der Waals surface area contributed by atoms with Crippen LogP contribution in [0.4, 0.5) is 71.5 Å². The van der Waals surface area contributed by atoms with Gasteiger partial charge in [0.1, 0.15) is 12.4 Å². The van der Waals surface area contributed by atoms with E-state index in [0.29, 0.717) is 0 Å². The third kappa shape index (κ3) is 3.29. The Kier molecular flexibility index (Phi) is 6.08. The molecule has 0 amide bonds. The smallest absolute Gasteiger partial charge is 0.300 e. The Hall–Kier alpha value is -2.03. The first-order valence-electron chi connectivity index (χ1n) is 6.43. The van der Waals surface area contributed by atoms with E-state index in [1.165, 1.54) is 0 Å². The monoisotopic (exact) mass is 447 g/mol. The van der Waals surface area contributed by atoms with Crippen LogP contribution in [0.2, 0.25) is 0 Å². The lowest BCUT2D eigenvalue weighted by Crippen LogP contribution is -2.67. The largest absolute Gasteiger partial charge is 0.460 e. The molecule has 0 fully saturated rings. The zero-order chi connectivity index (χ0) is 22.5.